The van der Waals surface area contributed by atoms with Crippen molar-refractivity contribution in [2.45, 2.75) is 75.1 Å². The number of nitrogens with zero attached hydrogens (tertiary/aromatic N) is 3. The Bertz CT molecular complexity index is 1400. The molecule has 4 aliphatic heterocycles. The number of phenolic OH excluding ortho intramolecular Hbond substituents is 1. The third-order valence-electron chi connectivity index (χ3n) is 11.2. The summed E-state index contributed by atoms with van der Waals surface area (Å²) < 4.78 is 6.95. The molecule has 0 unspecified atom stereocenters. The molecule has 0 radical (unpaired) electrons. The molecule has 5 fully saturated rings. The molecule has 2 saturated carbocycles. The molecule has 6 heterocycles. The van der Waals surface area contributed by atoms with Crippen molar-refractivity contribution >= 4 is 11.0 Å². The van der Waals surface area contributed by atoms with E-state index in [2.05, 4.69) is 33.1 Å². The lowest BCUT2D eigenvalue weighted by atomic mass is 9.42. The van der Waals surface area contributed by atoms with Crippen LogP contribution in [-0.2, 0) is 18.4 Å². The first-order chi connectivity index (χ1) is 17.7. The number of fused-ring (bicyclic) bond motifs is 4. The van der Waals surface area contributed by atoms with Gasteiger partial charge in [0.05, 0.1) is 11.0 Å². The Labute approximate surface area is 211 Å². The molecule has 7 aliphatic rings. The van der Waals surface area contributed by atoms with Crippen LogP contribution in [0, 0.1) is 11.3 Å². The second-order valence-corrected chi connectivity index (χ2v) is 12.6. The predicted molar refractivity (Wildman–Crippen MR) is 137 cm³/mol. The Kier molecular flexibility index (Phi) is 3.89. The quantitative estimate of drug-likeness (QED) is 0.579. The molecule has 3 aromatic rings. The van der Waals surface area contributed by atoms with E-state index in [0.29, 0.717) is 17.8 Å². The summed E-state index contributed by atoms with van der Waals surface area (Å²) in [4.78, 5) is 13.8. The van der Waals surface area contributed by atoms with Crippen LogP contribution < -0.4 is 4.74 Å². The van der Waals surface area contributed by atoms with Crippen molar-refractivity contribution in [3.8, 4) is 11.5 Å². The van der Waals surface area contributed by atoms with Crippen LogP contribution in [0.2, 0.25) is 0 Å². The summed E-state index contributed by atoms with van der Waals surface area (Å²) in [5.41, 5.74) is 6.61. The molecule has 10 rings (SSSR count). The lowest BCUT2D eigenvalue weighted by Gasteiger charge is -2.66. The van der Waals surface area contributed by atoms with E-state index in [1.54, 1.807) is 0 Å². The Balaban J connectivity index is 1.18. The zero-order valence-corrected chi connectivity index (χ0v) is 20.7. The number of aromatic nitrogens is 2. The number of rotatable bonds is 4. The molecule has 2 spiro atoms. The fourth-order valence-corrected chi connectivity index (χ4v) is 9.61. The number of ether oxygens (including phenoxy) is 1. The molecule has 6 nitrogen and oxygen atoms in total. The first kappa shape index (κ1) is 20.5. The molecule has 3 aliphatic carbocycles. The molecule has 2 N–H and O–H groups in total. The molecule has 1 aromatic carbocycles. The van der Waals surface area contributed by atoms with Crippen LogP contribution in [0.25, 0.3) is 11.0 Å². The SMILES string of the molecule is Oc1ccc2c3c1O[C@H]1[C@H]4CC[C@@]5(CCN4Cc4c[nH]c6cccnc46)[C@H](C2)N(CC2CC2)CC[C@]315. The van der Waals surface area contributed by atoms with Crippen molar-refractivity contribution in [2.24, 2.45) is 11.3 Å². The van der Waals surface area contributed by atoms with Crippen LogP contribution in [-0.4, -0.2) is 62.7 Å². The molecule has 0 amide bonds. The van der Waals surface area contributed by atoms with Crippen molar-refractivity contribution in [3.05, 3.63) is 53.3 Å². The Morgan fingerprint density at radius 3 is 2.92 bits per heavy atom. The third-order valence-corrected chi connectivity index (χ3v) is 11.2. The lowest BCUT2D eigenvalue weighted by molar-refractivity contribution is -0.130. The highest BCUT2D eigenvalue weighted by Gasteiger charge is 2.74. The summed E-state index contributed by atoms with van der Waals surface area (Å²) in [6.45, 7) is 4.47. The van der Waals surface area contributed by atoms with Crippen LogP contribution >= 0.6 is 0 Å². The van der Waals surface area contributed by atoms with Gasteiger partial charge in [0.1, 0.15) is 6.10 Å². The summed E-state index contributed by atoms with van der Waals surface area (Å²) in [6, 6.07) is 9.19. The van der Waals surface area contributed by atoms with Gasteiger partial charge in [0, 0.05) is 59.5 Å². The van der Waals surface area contributed by atoms with Crippen molar-refractivity contribution in [1.82, 2.24) is 19.8 Å². The molecule has 5 atom stereocenters. The van der Waals surface area contributed by atoms with E-state index >= 15 is 0 Å². The smallest absolute Gasteiger partial charge is 0.165 e. The van der Waals surface area contributed by atoms with Gasteiger partial charge in [0.15, 0.2) is 11.5 Å². The normalized spacial score (nSPS) is 36.6. The molecule has 4 bridgehead atoms. The van der Waals surface area contributed by atoms with Gasteiger partial charge in [0.25, 0.3) is 0 Å². The predicted octanol–water partition coefficient (Wildman–Crippen LogP) is 4.36. The van der Waals surface area contributed by atoms with Gasteiger partial charge in [-0.05, 0) is 87.7 Å². The summed E-state index contributed by atoms with van der Waals surface area (Å²) in [6.07, 6.45) is 13.0. The number of likely N-dealkylation sites (tertiary alicyclic amines) is 1. The summed E-state index contributed by atoms with van der Waals surface area (Å²) >= 11 is 0. The lowest BCUT2D eigenvalue weighted by Crippen LogP contribution is -2.72. The number of hydrogen-bond acceptors (Lipinski definition) is 5. The van der Waals surface area contributed by atoms with E-state index in [9.17, 15) is 5.11 Å². The highest BCUT2D eigenvalue weighted by Crippen LogP contribution is 2.71. The van der Waals surface area contributed by atoms with Crippen molar-refractivity contribution < 1.29 is 9.84 Å². The average Bonchev–Trinajstić information content (AvgIpc) is 3.58. The maximum atomic E-state index is 11.0. The van der Waals surface area contributed by atoms with E-state index in [1.165, 1.54) is 68.3 Å². The second kappa shape index (κ2) is 6.84. The van der Waals surface area contributed by atoms with Crippen LogP contribution in [0.4, 0.5) is 0 Å². The van der Waals surface area contributed by atoms with E-state index in [4.69, 9.17) is 9.72 Å². The van der Waals surface area contributed by atoms with E-state index in [-0.39, 0.29) is 16.9 Å². The van der Waals surface area contributed by atoms with Gasteiger partial charge in [-0.15, -0.1) is 0 Å². The third kappa shape index (κ3) is 2.39. The van der Waals surface area contributed by atoms with E-state index < -0.39 is 0 Å². The molecule has 3 saturated heterocycles. The van der Waals surface area contributed by atoms with Gasteiger partial charge in [-0.25, -0.2) is 0 Å². The largest absolute Gasteiger partial charge is 0.504 e. The Hall–Kier alpha value is -2.57. The number of hydrogen-bond donors (Lipinski definition) is 2. The number of pyridine rings is 1. The summed E-state index contributed by atoms with van der Waals surface area (Å²) in [7, 11) is 0. The van der Waals surface area contributed by atoms with Crippen molar-refractivity contribution in [2.75, 3.05) is 19.6 Å². The zero-order chi connectivity index (χ0) is 23.6. The average molecular weight is 483 g/mol. The second-order valence-electron chi connectivity index (χ2n) is 12.6. The van der Waals surface area contributed by atoms with Gasteiger partial charge in [-0.2, -0.15) is 0 Å². The summed E-state index contributed by atoms with van der Waals surface area (Å²) in [5.74, 6) is 2.08. The fourth-order valence-electron chi connectivity index (χ4n) is 9.61. The zero-order valence-electron chi connectivity index (χ0n) is 20.7. The van der Waals surface area contributed by atoms with Crippen LogP contribution in [0.15, 0.2) is 36.7 Å². The topological polar surface area (TPSA) is 64.6 Å². The maximum Gasteiger partial charge on any atom is 0.165 e. The van der Waals surface area contributed by atoms with Gasteiger partial charge in [-0.3, -0.25) is 14.8 Å². The fraction of sp³-hybridized carbons (Fsp3) is 0.567. The number of aromatic amines is 1. The number of aromatic hydroxyl groups is 1. The minimum atomic E-state index is 0.0372. The van der Waals surface area contributed by atoms with Gasteiger partial charge >= 0.3 is 0 Å². The maximum absolute atomic E-state index is 11.0. The summed E-state index contributed by atoms with van der Waals surface area (Å²) in [5, 5.41) is 11.0. The van der Waals surface area contributed by atoms with Crippen molar-refractivity contribution in [1.29, 1.82) is 0 Å². The molecule has 6 heteroatoms. The van der Waals surface area contributed by atoms with E-state index in [1.807, 2.05) is 18.3 Å². The highest BCUT2D eigenvalue weighted by atomic mass is 16.5. The number of phenols is 1. The molecule has 36 heavy (non-hydrogen) atoms. The number of benzene rings is 1. The van der Waals surface area contributed by atoms with Gasteiger partial charge < -0.3 is 14.8 Å². The van der Waals surface area contributed by atoms with Crippen LogP contribution in [0.1, 0.15) is 55.2 Å². The van der Waals surface area contributed by atoms with Crippen LogP contribution in [0.5, 0.6) is 11.5 Å². The number of nitrogens with one attached hydrogen (secondary N) is 1. The van der Waals surface area contributed by atoms with Gasteiger partial charge in [0.2, 0.25) is 0 Å². The molecular weight excluding hydrogens is 448 g/mol. The first-order valence-electron chi connectivity index (χ1n) is 14.1. The molecular formula is C30H34N4O2. The monoisotopic (exact) mass is 482 g/mol. The standard InChI is InChI=1S/C30H34N4O2/c35-23-6-5-19-14-24-29-8-7-22(33(12-9-29)17-20-15-32-21-2-1-11-31-26(20)21)28-30(29,25(19)27(23)36-28)10-13-34(24)16-18-3-4-18/h1-2,5-6,11,15,18,22,24,28,32,35H,3-4,7-10,12-14,16-17H2/t22-,24+,28+,29-,30+/m1/s1. The first-order valence-corrected chi connectivity index (χ1v) is 14.1. The highest BCUT2D eigenvalue weighted by molar-refractivity contribution is 5.78. The van der Waals surface area contributed by atoms with Crippen LogP contribution in [0.3, 0.4) is 0 Å². The minimum absolute atomic E-state index is 0.0372. The Morgan fingerprint density at radius 2 is 2.00 bits per heavy atom. The minimum Gasteiger partial charge on any atom is -0.504 e. The van der Waals surface area contributed by atoms with Gasteiger partial charge in [-0.1, -0.05) is 6.07 Å². The number of H-pyrrole nitrogens is 1. The Morgan fingerprint density at radius 1 is 1.08 bits per heavy atom. The molecule has 186 valence electrons. The van der Waals surface area contributed by atoms with E-state index in [0.717, 1.165) is 42.2 Å². The molecule has 2 aromatic heterocycles. The van der Waals surface area contributed by atoms with Crippen molar-refractivity contribution in [3.63, 3.8) is 0 Å². The number of piperidine rings is 1.